The molecule has 0 amide bonds. The van der Waals surface area contributed by atoms with Gasteiger partial charge in [-0.1, -0.05) is 30.4 Å². The van der Waals surface area contributed by atoms with Gasteiger partial charge in [-0.15, -0.1) is 24.8 Å². The standard InChI is InChI=1S/C23H27N3.2ClH/c1-3-12-26(13-4-1)14-5-2-7-19-9-10-22-21(15-19)17-25-18-23(22)20-8-6-11-24-16-20;;/h6,8-11,15-16,23,25H,1,3-5,12-14,17-18H2;2*1H. The molecule has 1 fully saturated rings. The molecule has 0 saturated carbocycles. The number of aromatic nitrogens is 1. The third-order valence-corrected chi connectivity index (χ3v) is 5.50. The summed E-state index contributed by atoms with van der Waals surface area (Å²) in [6.45, 7) is 5.52. The molecule has 5 heteroatoms. The van der Waals surface area contributed by atoms with Gasteiger partial charge >= 0.3 is 0 Å². The number of nitrogens with zero attached hydrogens (tertiary/aromatic N) is 2. The normalized spacial score (nSPS) is 18.6. The molecule has 2 aromatic rings. The molecule has 1 aromatic carbocycles. The molecule has 1 saturated heterocycles. The van der Waals surface area contributed by atoms with E-state index in [9.17, 15) is 0 Å². The number of fused-ring (bicyclic) bond motifs is 1. The maximum absolute atomic E-state index is 4.28. The second-order valence-corrected chi connectivity index (χ2v) is 7.34. The molecule has 150 valence electrons. The highest BCUT2D eigenvalue weighted by Crippen LogP contribution is 2.30. The van der Waals surface area contributed by atoms with E-state index in [1.54, 1.807) is 0 Å². The van der Waals surface area contributed by atoms with Crippen LogP contribution in [0.15, 0.2) is 42.7 Å². The summed E-state index contributed by atoms with van der Waals surface area (Å²) in [5.41, 5.74) is 5.20. The first-order valence-corrected chi connectivity index (χ1v) is 9.85. The van der Waals surface area contributed by atoms with Crippen molar-refractivity contribution in [3.05, 3.63) is 65.0 Å². The van der Waals surface area contributed by atoms with Gasteiger partial charge in [0.25, 0.3) is 0 Å². The second kappa shape index (κ2) is 11.4. The van der Waals surface area contributed by atoms with Crippen molar-refractivity contribution in [2.24, 2.45) is 0 Å². The van der Waals surface area contributed by atoms with Gasteiger partial charge in [0.1, 0.15) is 0 Å². The number of hydrogen-bond donors (Lipinski definition) is 1. The van der Waals surface area contributed by atoms with Gasteiger partial charge in [-0.2, -0.15) is 0 Å². The molecule has 1 aromatic heterocycles. The average molecular weight is 418 g/mol. The van der Waals surface area contributed by atoms with E-state index in [1.165, 1.54) is 49.0 Å². The molecule has 4 rings (SSSR count). The van der Waals surface area contributed by atoms with Crippen LogP contribution in [0, 0.1) is 11.8 Å². The number of rotatable bonds is 3. The summed E-state index contributed by atoms with van der Waals surface area (Å²) in [5.74, 6) is 7.13. The van der Waals surface area contributed by atoms with E-state index >= 15 is 0 Å². The summed E-state index contributed by atoms with van der Waals surface area (Å²) in [5, 5.41) is 3.54. The Morgan fingerprint density at radius 2 is 1.96 bits per heavy atom. The molecule has 0 radical (unpaired) electrons. The number of nitrogens with one attached hydrogen (secondary N) is 1. The van der Waals surface area contributed by atoms with Gasteiger partial charge in [0, 0.05) is 49.9 Å². The highest BCUT2D eigenvalue weighted by Gasteiger charge is 2.21. The van der Waals surface area contributed by atoms with Crippen molar-refractivity contribution in [3.8, 4) is 11.8 Å². The van der Waals surface area contributed by atoms with Crippen LogP contribution in [-0.4, -0.2) is 36.1 Å². The first-order chi connectivity index (χ1) is 12.9. The molecule has 0 aliphatic carbocycles. The first kappa shape index (κ1) is 22.7. The summed E-state index contributed by atoms with van der Waals surface area (Å²) >= 11 is 0. The van der Waals surface area contributed by atoms with Gasteiger partial charge < -0.3 is 10.2 Å². The van der Waals surface area contributed by atoms with Crippen molar-refractivity contribution in [3.63, 3.8) is 0 Å². The minimum absolute atomic E-state index is 0. The molecule has 2 aliphatic heterocycles. The van der Waals surface area contributed by atoms with Gasteiger partial charge in [0.05, 0.1) is 0 Å². The van der Waals surface area contributed by atoms with Gasteiger partial charge in [-0.25, -0.2) is 0 Å². The fraction of sp³-hybridized carbons (Fsp3) is 0.435. The van der Waals surface area contributed by atoms with Gasteiger partial charge in [-0.3, -0.25) is 4.98 Å². The van der Waals surface area contributed by atoms with Crippen LogP contribution >= 0.6 is 24.8 Å². The Balaban J connectivity index is 0.00000140. The van der Waals surface area contributed by atoms with Crippen molar-refractivity contribution in [1.29, 1.82) is 0 Å². The van der Waals surface area contributed by atoms with E-state index in [1.807, 2.05) is 18.5 Å². The largest absolute Gasteiger partial charge is 0.312 e. The van der Waals surface area contributed by atoms with Gasteiger partial charge in [0.15, 0.2) is 0 Å². The SMILES string of the molecule is C(#Cc1ccc2c(c1)CNCC2c1cccnc1)CCN1CCCCC1.Cl.Cl. The van der Waals surface area contributed by atoms with Crippen LogP contribution < -0.4 is 5.32 Å². The fourth-order valence-electron chi connectivity index (χ4n) is 4.08. The van der Waals surface area contributed by atoms with E-state index in [4.69, 9.17) is 0 Å². The molecule has 1 unspecified atom stereocenters. The zero-order valence-corrected chi connectivity index (χ0v) is 17.8. The third kappa shape index (κ3) is 5.72. The summed E-state index contributed by atoms with van der Waals surface area (Å²) in [4.78, 5) is 6.83. The Morgan fingerprint density at radius 1 is 1.11 bits per heavy atom. The Morgan fingerprint density at radius 3 is 2.75 bits per heavy atom. The van der Waals surface area contributed by atoms with Crippen LogP contribution in [0.3, 0.4) is 0 Å². The topological polar surface area (TPSA) is 28.2 Å². The number of halogens is 2. The molecular formula is C23H29Cl2N3. The smallest absolute Gasteiger partial charge is 0.0306 e. The van der Waals surface area contributed by atoms with E-state index in [-0.39, 0.29) is 24.8 Å². The monoisotopic (exact) mass is 417 g/mol. The lowest BCUT2D eigenvalue weighted by molar-refractivity contribution is 0.234. The van der Waals surface area contributed by atoms with Crippen LogP contribution in [0.1, 0.15) is 53.9 Å². The molecular weight excluding hydrogens is 389 g/mol. The Labute approximate surface area is 181 Å². The van der Waals surface area contributed by atoms with Crippen molar-refractivity contribution in [1.82, 2.24) is 15.2 Å². The molecule has 3 heterocycles. The van der Waals surface area contributed by atoms with Gasteiger partial charge in [-0.05, 0) is 60.8 Å². The maximum atomic E-state index is 4.28. The molecule has 0 spiro atoms. The van der Waals surface area contributed by atoms with Crippen LogP contribution in [0.25, 0.3) is 0 Å². The summed E-state index contributed by atoms with van der Waals surface area (Å²) in [6.07, 6.45) is 8.88. The molecule has 0 bridgehead atoms. The van der Waals surface area contributed by atoms with Crippen molar-refractivity contribution < 1.29 is 0 Å². The lowest BCUT2D eigenvalue weighted by atomic mass is 9.85. The number of pyridine rings is 1. The number of hydrogen-bond acceptors (Lipinski definition) is 3. The van der Waals surface area contributed by atoms with Crippen molar-refractivity contribution >= 4 is 24.8 Å². The Bertz CT molecular complexity index is 792. The van der Waals surface area contributed by atoms with E-state index < -0.39 is 0 Å². The van der Waals surface area contributed by atoms with Gasteiger partial charge in [0.2, 0.25) is 0 Å². The van der Waals surface area contributed by atoms with Crippen LogP contribution in [0.5, 0.6) is 0 Å². The number of piperidine rings is 1. The number of likely N-dealkylation sites (tertiary alicyclic amines) is 1. The summed E-state index contributed by atoms with van der Waals surface area (Å²) in [7, 11) is 0. The molecule has 28 heavy (non-hydrogen) atoms. The van der Waals surface area contributed by atoms with Crippen LogP contribution in [0.4, 0.5) is 0 Å². The van der Waals surface area contributed by atoms with Crippen LogP contribution in [0.2, 0.25) is 0 Å². The molecule has 1 N–H and O–H groups in total. The lowest BCUT2D eigenvalue weighted by Gasteiger charge is -2.26. The minimum Gasteiger partial charge on any atom is -0.312 e. The average Bonchev–Trinajstić information content (AvgIpc) is 2.72. The number of benzene rings is 1. The molecule has 1 atom stereocenters. The minimum atomic E-state index is 0. The summed E-state index contributed by atoms with van der Waals surface area (Å²) in [6, 6.07) is 10.9. The second-order valence-electron chi connectivity index (χ2n) is 7.34. The summed E-state index contributed by atoms with van der Waals surface area (Å²) < 4.78 is 0. The highest BCUT2D eigenvalue weighted by molar-refractivity contribution is 5.85. The van der Waals surface area contributed by atoms with Crippen molar-refractivity contribution in [2.45, 2.75) is 38.1 Å². The Kier molecular flexibility index (Phi) is 9.28. The van der Waals surface area contributed by atoms with Crippen LogP contribution in [-0.2, 0) is 6.54 Å². The van der Waals surface area contributed by atoms with E-state index in [0.717, 1.165) is 31.6 Å². The maximum Gasteiger partial charge on any atom is 0.0306 e. The predicted octanol–water partition coefficient (Wildman–Crippen LogP) is 4.39. The van der Waals surface area contributed by atoms with E-state index in [2.05, 4.69) is 51.3 Å². The molecule has 3 nitrogen and oxygen atoms in total. The molecule has 2 aliphatic rings. The predicted molar refractivity (Wildman–Crippen MR) is 121 cm³/mol. The third-order valence-electron chi connectivity index (χ3n) is 5.50. The zero-order valence-electron chi connectivity index (χ0n) is 16.2. The van der Waals surface area contributed by atoms with E-state index in [0.29, 0.717) is 5.92 Å². The zero-order chi connectivity index (χ0) is 17.6. The van der Waals surface area contributed by atoms with Crippen molar-refractivity contribution in [2.75, 3.05) is 26.2 Å². The lowest BCUT2D eigenvalue weighted by Crippen LogP contribution is -2.30. The Hall–Kier alpha value is -1.57. The highest BCUT2D eigenvalue weighted by atomic mass is 35.5. The quantitative estimate of drug-likeness (QED) is 0.750. The first-order valence-electron chi connectivity index (χ1n) is 9.85. The fourth-order valence-corrected chi connectivity index (χ4v) is 4.08.